The SMILES string of the molecule is CC(C)CC(C(=O)O)c1cc(OS(=O)(=O)C(F)(F)F)cc(-c2cc(F)cc(C(F)(F)F)c2)c1. The molecule has 0 spiro atoms. The van der Waals surface area contributed by atoms with Crippen LogP contribution in [0.2, 0.25) is 0 Å². The molecule has 0 bridgehead atoms. The number of alkyl halides is 6. The second kappa shape index (κ2) is 9.20. The Labute approximate surface area is 183 Å². The van der Waals surface area contributed by atoms with Crippen molar-refractivity contribution in [3.8, 4) is 16.9 Å². The van der Waals surface area contributed by atoms with Gasteiger partial charge in [0.15, 0.2) is 0 Å². The van der Waals surface area contributed by atoms with Gasteiger partial charge in [0, 0.05) is 0 Å². The van der Waals surface area contributed by atoms with Crippen LogP contribution >= 0.6 is 0 Å². The Kier molecular flexibility index (Phi) is 7.36. The molecule has 0 heterocycles. The first-order valence-electron chi connectivity index (χ1n) is 9.17. The van der Waals surface area contributed by atoms with E-state index in [0.29, 0.717) is 18.2 Å². The summed E-state index contributed by atoms with van der Waals surface area (Å²) in [5.41, 5.74) is -8.33. The molecule has 33 heavy (non-hydrogen) atoms. The van der Waals surface area contributed by atoms with Gasteiger partial charge in [-0.2, -0.15) is 34.8 Å². The molecule has 2 rings (SSSR count). The van der Waals surface area contributed by atoms with Crippen LogP contribution in [0.1, 0.15) is 37.3 Å². The average molecular weight is 502 g/mol. The van der Waals surface area contributed by atoms with Gasteiger partial charge in [-0.05, 0) is 59.4 Å². The largest absolute Gasteiger partial charge is 0.534 e. The fraction of sp³-hybridized carbons (Fsp3) is 0.350. The summed E-state index contributed by atoms with van der Waals surface area (Å²) in [5, 5.41) is 9.54. The topological polar surface area (TPSA) is 80.7 Å². The lowest BCUT2D eigenvalue weighted by atomic mass is 9.88. The maximum atomic E-state index is 13.9. The fourth-order valence-corrected chi connectivity index (χ4v) is 3.43. The highest BCUT2D eigenvalue weighted by molar-refractivity contribution is 7.88. The molecule has 1 N–H and O–H groups in total. The van der Waals surface area contributed by atoms with Crippen molar-refractivity contribution in [2.75, 3.05) is 0 Å². The molecular weight excluding hydrogens is 485 g/mol. The van der Waals surface area contributed by atoms with Crippen LogP contribution in [0.3, 0.4) is 0 Å². The second-order valence-corrected chi connectivity index (χ2v) is 9.06. The first-order chi connectivity index (χ1) is 14.9. The van der Waals surface area contributed by atoms with E-state index in [2.05, 4.69) is 4.18 Å². The zero-order chi connectivity index (χ0) is 25.4. The van der Waals surface area contributed by atoms with Gasteiger partial charge in [0.2, 0.25) is 0 Å². The van der Waals surface area contributed by atoms with Gasteiger partial charge in [-0.1, -0.05) is 19.9 Å². The van der Waals surface area contributed by atoms with Crippen LogP contribution in [0.15, 0.2) is 36.4 Å². The Bertz CT molecular complexity index is 1140. The summed E-state index contributed by atoms with van der Waals surface area (Å²) in [6.45, 7) is 3.29. The lowest BCUT2D eigenvalue weighted by molar-refractivity contribution is -0.139. The summed E-state index contributed by atoms with van der Waals surface area (Å²) in [6.07, 6.45) is -5.00. The van der Waals surface area contributed by atoms with Crippen molar-refractivity contribution in [1.82, 2.24) is 0 Å². The van der Waals surface area contributed by atoms with Gasteiger partial charge in [-0.25, -0.2) is 4.39 Å². The minimum atomic E-state index is -6.18. The number of hydrogen-bond acceptors (Lipinski definition) is 4. The molecule has 0 aliphatic carbocycles. The van der Waals surface area contributed by atoms with Gasteiger partial charge in [0.05, 0.1) is 11.5 Å². The number of hydrogen-bond donors (Lipinski definition) is 1. The van der Waals surface area contributed by atoms with Crippen LogP contribution in [-0.4, -0.2) is 25.0 Å². The van der Waals surface area contributed by atoms with E-state index in [1.165, 1.54) is 0 Å². The molecule has 2 aromatic carbocycles. The van der Waals surface area contributed by atoms with Crippen molar-refractivity contribution in [2.45, 2.75) is 37.9 Å². The molecule has 0 saturated heterocycles. The number of benzene rings is 2. The van der Waals surface area contributed by atoms with E-state index in [0.717, 1.165) is 12.1 Å². The molecule has 0 aromatic heterocycles. The quantitative estimate of drug-likeness (QED) is 0.287. The third kappa shape index (κ3) is 6.59. The number of carboxylic acid groups (broad SMARTS) is 1. The van der Waals surface area contributed by atoms with Crippen molar-refractivity contribution >= 4 is 16.1 Å². The van der Waals surface area contributed by atoms with Gasteiger partial charge in [-0.15, -0.1) is 0 Å². The van der Waals surface area contributed by atoms with Gasteiger partial charge in [0.1, 0.15) is 11.6 Å². The predicted molar refractivity (Wildman–Crippen MR) is 102 cm³/mol. The highest BCUT2D eigenvalue weighted by Gasteiger charge is 2.48. The summed E-state index contributed by atoms with van der Waals surface area (Å²) < 4.78 is 118. The maximum absolute atomic E-state index is 13.9. The van der Waals surface area contributed by atoms with Crippen molar-refractivity contribution in [2.24, 2.45) is 5.92 Å². The van der Waals surface area contributed by atoms with E-state index in [4.69, 9.17) is 0 Å². The summed E-state index contributed by atoms with van der Waals surface area (Å²) >= 11 is 0. The van der Waals surface area contributed by atoms with E-state index in [9.17, 15) is 49.1 Å². The van der Waals surface area contributed by atoms with Crippen LogP contribution < -0.4 is 4.18 Å². The molecule has 1 unspecified atom stereocenters. The summed E-state index contributed by atoms with van der Waals surface area (Å²) in [6, 6.07) is 3.73. The highest BCUT2D eigenvalue weighted by atomic mass is 32.2. The van der Waals surface area contributed by atoms with E-state index in [1.807, 2.05) is 0 Å². The lowest BCUT2D eigenvalue weighted by Crippen LogP contribution is -2.28. The Hall–Kier alpha value is -2.83. The Balaban J connectivity index is 2.76. The lowest BCUT2D eigenvalue weighted by Gasteiger charge is -2.18. The summed E-state index contributed by atoms with van der Waals surface area (Å²) in [5.74, 6) is -5.33. The number of carboxylic acids is 1. The molecule has 0 fully saturated rings. The fourth-order valence-electron chi connectivity index (χ4n) is 2.98. The highest BCUT2D eigenvalue weighted by Crippen LogP contribution is 2.37. The first-order valence-corrected chi connectivity index (χ1v) is 10.6. The first kappa shape index (κ1) is 26.4. The van der Waals surface area contributed by atoms with Crippen molar-refractivity contribution in [3.63, 3.8) is 0 Å². The van der Waals surface area contributed by atoms with Crippen LogP contribution in [0, 0.1) is 11.7 Å². The third-order valence-corrected chi connectivity index (χ3v) is 5.36. The number of carbonyl (C=O) groups is 1. The van der Waals surface area contributed by atoms with Crippen molar-refractivity contribution in [1.29, 1.82) is 0 Å². The average Bonchev–Trinajstić information content (AvgIpc) is 2.63. The molecule has 2 aromatic rings. The Morgan fingerprint density at radius 3 is 2.03 bits per heavy atom. The Morgan fingerprint density at radius 2 is 1.55 bits per heavy atom. The van der Waals surface area contributed by atoms with Gasteiger partial charge in [-0.3, -0.25) is 4.79 Å². The predicted octanol–water partition coefficient (Wildman–Crippen LogP) is 5.95. The monoisotopic (exact) mass is 502 g/mol. The Morgan fingerprint density at radius 1 is 0.970 bits per heavy atom. The van der Waals surface area contributed by atoms with E-state index in [-0.39, 0.29) is 29.5 Å². The maximum Gasteiger partial charge on any atom is 0.534 e. The number of halogens is 7. The molecular formula is C20H17F7O5S. The molecule has 13 heteroatoms. The van der Waals surface area contributed by atoms with Crippen molar-refractivity contribution < 1.29 is 53.2 Å². The molecule has 0 radical (unpaired) electrons. The summed E-state index contributed by atoms with van der Waals surface area (Å²) in [7, 11) is -6.18. The molecule has 5 nitrogen and oxygen atoms in total. The molecule has 0 amide bonds. The number of aliphatic carboxylic acids is 1. The van der Waals surface area contributed by atoms with Gasteiger partial charge in [0.25, 0.3) is 0 Å². The molecule has 1 atom stereocenters. The van der Waals surface area contributed by atoms with E-state index < -0.39 is 56.4 Å². The minimum absolute atomic E-state index is 0.0405. The normalized spacial score (nSPS) is 13.8. The van der Waals surface area contributed by atoms with Crippen molar-refractivity contribution in [3.05, 3.63) is 53.3 Å². The third-order valence-electron chi connectivity index (χ3n) is 4.38. The van der Waals surface area contributed by atoms with Crippen LogP contribution in [0.4, 0.5) is 30.7 Å². The molecule has 0 aliphatic rings. The molecule has 182 valence electrons. The second-order valence-electron chi connectivity index (χ2n) is 7.52. The van der Waals surface area contributed by atoms with E-state index >= 15 is 0 Å². The van der Waals surface area contributed by atoms with Gasteiger partial charge >= 0.3 is 27.8 Å². The molecule has 0 aliphatic heterocycles. The molecule has 0 saturated carbocycles. The minimum Gasteiger partial charge on any atom is -0.481 e. The number of rotatable bonds is 7. The van der Waals surface area contributed by atoms with Crippen LogP contribution in [0.25, 0.3) is 11.1 Å². The zero-order valence-corrected chi connectivity index (χ0v) is 17.8. The summed E-state index contributed by atoms with van der Waals surface area (Å²) in [4.78, 5) is 11.7. The smallest absolute Gasteiger partial charge is 0.481 e. The van der Waals surface area contributed by atoms with Crippen LogP contribution in [0.5, 0.6) is 5.75 Å². The van der Waals surface area contributed by atoms with E-state index in [1.54, 1.807) is 13.8 Å². The van der Waals surface area contributed by atoms with Gasteiger partial charge < -0.3 is 9.29 Å². The standard InChI is InChI=1S/C20H17F7O5S/c1-10(2)3-17(18(28)29)13-4-11(7-16(8-13)32-33(30,31)20(25,26)27)12-5-14(19(22,23)24)9-15(21)6-12/h4-10,17H,3H2,1-2H3,(H,28,29). The zero-order valence-electron chi connectivity index (χ0n) is 17.0. The van der Waals surface area contributed by atoms with Crippen LogP contribution in [-0.2, 0) is 21.1 Å².